The first-order valence-electron chi connectivity index (χ1n) is 11.0. The maximum atomic E-state index is 13.0. The van der Waals surface area contributed by atoms with Gasteiger partial charge in [-0.1, -0.05) is 18.2 Å². The number of fused-ring (bicyclic) bond motifs is 2. The van der Waals surface area contributed by atoms with E-state index in [1.807, 2.05) is 57.4 Å². The van der Waals surface area contributed by atoms with Crippen LogP contribution in [0.25, 0.3) is 0 Å². The lowest BCUT2D eigenvalue weighted by molar-refractivity contribution is -0.172. The van der Waals surface area contributed by atoms with Gasteiger partial charge in [0.2, 0.25) is 0 Å². The molecule has 8 nitrogen and oxygen atoms in total. The molecule has 0 unspecified atom stereocenters. The van der Waals surface area contributed by atoms with Crippen LogP contribution in [0.1, 0.15) is 33.9 Å². The van der Waals surface area contributed by atoms with Crippen LogP contribution in [0.5, 0.6) is 5.75 Å². The Labute approximate surface area is 196 Å². The Morgan fingerprint density at radius 3 is 2.88 bits per heavy atom. The number of ether oxygens (including phenoxy) is 2. The molecule has 2 amide bonds. The van der Waals surface area contributed by atoms with Crippen LogP contribution in [0.2, 0.25) is 0 Å². The Morgan fingerprint density at radius 2 is 2.12 bits per heavy atom. The quantitative estimate of drug-likeness (QED) is 0.625. The standard InChI is InChI=1S/C24H26N4O4S/c1-31-18-5-2-4-17(14-18)15-26-21(29)19-16-28-12-9-25-23(28)24(32-19)7-10-27(11-8-24)22(30)20-6-3-13-33-20/h2-6,9,12-14,19H,7-8,10-11,15-16H2,1H3,(H,26,29)/t19-/m0/s1. The topological polar surface area (TPSA) is 85.7 Å². The largest absolute Gasteiger partial charge is 0.497 e. The molecule has 2 aliphatic rings. The third-order valence-electron chi connectivity index (χ3n) is 6.34. The van der Waals surface area contributed by atoms with E-state index in [0.29, 0.717) is 39.0 Å². The molecule has 1 atom stereocenters. The van der Waals surface area contributed by atoms with Crippen molar-refractivity contribution in [2.24, 2.45) is 0 Å². The van der Waals surface area contributed by atoms with Gasteiger partial charge in [0.15, 0.2) is 6.10 Å². The van der Waals surface area contributed by atoms with Crippen molar-refractivity contribution in [1.29, 1.82) is 0 Å². The first-order valence-corrected chi connectivity index (χ1v) is 11.9. The van der Waals surface area contributed by atoms with Gasteiger partial charge >= 0.3 is 0 Å². The van der Waals surface area contributed by atoms with Gasteiger partial charge in [-0.15, -0.1) is 11.3 Å². The molecule has 5 rings (SSSR count). The predicted octanol–water partition coefficient (Wildman–Crippen LogP) is 2.80. The monoisotopic (exact) mass is 466 g/mol. The zero-order valence-corrected chi connectivity index (χ0v) is 19.2. The fourth-order valence-corrected chi connectivity index (χ4v) is 5.28. The third kappa shape index (κ3) is 4.26. The highest BCUT2D eigenvalue weighted by atomic mass is 32.1. The van der Waals surface area contributed by atoms with E-state index >= 15 is 0 Å². The van der Waals surface area contributed by atoms with Crippen molar-refractivity contribution >= 4 is 23.2 Å². The Morgan fingerprint density at radius 1 is 1.27 bits per heavy atom. The van der Waals surface area contributed by atoms with E-state index in [1.54, 1.807) is 13.3 Å². The van der Waals surface area contributed by atoms with Gasteiger partial charge in [-0.25, -0.2) is 4.98 Å². The summed E-state index contributed by atoms with van der Waals surface area (Å²) in [6.07, 6.45) is 4.21. The van der Waals surface area contributed by atoms with E-state index in [-0.39, 0.29) is 11.8 Å². The lowest BCUT2D eigenvalue weighted by Crippen LogP contribution is -2.54. The average Bonchev–Trinajstić information content (AvgIpc) is 3.55. The number of piperidine rings is 1. The molecule has 4 heterocycles. The lowest BCUT2D eigenvalue weighted by Gasteiger charge is -2.45. The van der Waals surface area contributed by atoms with Crippen LogP contribution >= 0.6 is 11.3 Å². The minimum Gasteiger partial charge on any atom is -0.497 e. The molecule has 2 aliphatic heterocycles. The van der Waals surface area contributed by atoms with E-state index in [4.69, 9.17) is 9.47 Å². The Balaban J connectivity index is 1.27. The molecule has 3 aromatic rings. The lowest BCUT2D eigenvalue weighted by atomic mass is 9.88. The molecule has 1 fully saturated rings. The van der Waals surface area contributed by atoms with E-state index in [2.05, 4.69) is 10.3 Å². The first-order chi connectivity index (χ1) is 16.1. The number of hydrogen-bond donors (Lipinski definition) is 1. The fourth-order valence-electron chi connectivity index (χ4n) is 4.59. The van der Waals surface area contributed by atoms with Crippen molar-refractivity contribution in [3.8, 4) is 5.75 Å². The molecule has 1 N–H and O–H groups in total. The summed E-state index contributed by atoms with van der Waals surface area (Å²) in [5, 5.41) is 4.91. The molecular formula is C24H26N4O4S. The molecule has 1 saturated heterocycles. The van der Waals surface area contributed by atoms with Crippen molar-refractivity contribution in [1.82, 2.24) is 19.8 Å². The summed E-state index contributed by atoms with van der Waals surface area (Å²) in [5.41, 5.74) is 0.281. The second-order valence-electron chi connectivity index (χ2n) is 8.34. The number of likely N-dealkylation sites (tertiary alicyclic amines) is 1. The summed E-state index contributed by atoms with van der Waals surface area (Å²) < 4.78 is 13.7. The summed E-state index contributed by atoms with van der Waals surface area (Å²) in [5.74, 6) is 1.48. The van der Waals surface area contributed by atoms with Crippen molar-refractivity contribution in [3.05, 3.63) is 70.4 Å². The number of aromatic nitrogens is 2. The highest BCUT2D eigenvalue weighted by Gasteiger charge is 2.47. The summed E-state index contributed by atoms with van der Waals surface area (Å²) in [4.78, 5) is 33.0. The predicted molar refractivity (Wildman–Crippen MR) is 123 cm³/mol. The molecule has 0 radical (unpaired) electrons. The minimum absolute atomic E-state index is 0.0478. The summed E-state index contributed by atoms with van der Waals surface area (Å²) in [7, 11) is 1.62. The number of carbonyl (C=O) groups is 2. The van der Waals surface area contributed by atoms with Crippen LogP contribution in [-0.2, 0) is 28.2 Å². The summed E-state index contributed by atoms with van der Waals surface area (Å²) in [6, 6.07) is 11.4. The van der Waals surface area contributed by atoms with Crippen molar-refractivity contribution in [2.45, 2.75) is 37.6 Å². The fraction of sp³-hybridized carbons (Fsp3) is 0.375. The number of nitrogens with zero attached hydrogens (tertiary/aromatic N) is 3. The molecule has 33 heavy (non-hydrogen) atoms. The number of rotatable bonds is 5. The average molecular weight is 467 g/mol. The molecule has 1 spiro atoms. The van der Waals surface area contributed by atoms with Crippen LogP contribution in [0.15, 0.2) is 54.2 Å². The molecule has 172 valence electrons. The van der Waals surface area contributed by atoms with Crippen LogP contribution < -0.4 is 10.1 Å². The van der Waals surface area contributed by atoms with Gasteiger partial charge in [0.05, 0.1) is 18.5 Å². The highest BCUT2D eigenvalue weighted by molar-refractivity contribution is 7.12. The second-order valence-corrected chi connectivity index (χ2v) is 9.29. The van der Waals surface area contributed by atoms with Crippen LogP contribution in [0.3, 0.4) is 0 Å². The van der Waals surface area contributed by atoms with Gasteiger partial charge in [-0.3, -0.25) is 9.59 Å². The molecular weight excluding hydrogens is 440 g/mol. The molecule has 1 aromatic carbocycles. The van der Waals surface area contributed by atoms with Gasteiger partial charge in [0.1, 0.15) is 17.2 Å². The van der Waals surface area contributed by atoms with Gasteiger partial charge in [-0.05, 0) is 29.1 Å². The molecule has 0 saturated carbocycles. The van der Waals surface area contributed by atoms with Crippen molar-refractivity contribution in [3.63, 3.8) is 0 Å². The van der Waals surface area contributed by atoms with E-state index in [9.17, 15) is 9.59 Å². The van der Waals surface area contributed by atoms with Crippen molar-refractivity contribution in [2.75, 3.05) is 20.2 Å². The molecule has 9 heteroatoms. The number of benzene rings is 1. The maximum Gasteiger partial charge on any atom is 0.263 e. The normalized spacial score (nSPS) is 19.2. The third-order valence-corrected chi connectivity index (χ3v) is 7.19. The summed E-state index contributed by atoms with van der Waals surface area (Å²) in [6.45, 7) is 1.92. The van der Waals surface area contributed by atoms with Crippen LogP contribution in [0, 0.1) is 0 Å². The Hall–Kier alpha value is -3.17. The van der Waals surface area contributed by atoms with E-state index in [1.165, 1.54) is 11.3 Å². The molecule has 0 bridgehead atoms. The number of hydrogen-bond acceptors (Lipinski definition) is 6. The number of methoxy groups -OCH3 is 1. The Bertz CT molecular complexity index is 1140. The zero-order chi connectivity index (χ0) is 22.8. The van der Waals surface area contributed by atoms with Gasteiger partial charge in [-0.2, -0.15) is 0 Å². The number of nitrogens with one attached hydrogen (secondary N) is 1. The van der Waals surface area contributed by atoms with Crippen molar-refractivity contribution < 1.29 is 19.1 Å². The zero-order valence-electron chi connectivity index (χ0n) is 18.4. The van der Waals surface area contributed by atoms with Gasteiger partial charge < -0.3 is 24.3 Å². The number of carbonyl (C=O) groups excluding carboxylic acids is 2. The maximum absolute atomic E-state index is 13.0. The Kier molecular flexibility index (Phi) is 5.90. The highest BCUT2D eigenvalue weighted by Crippen LogP contribution is 2.40. The number of thiophene rings is 1. The number of imidazole rings is 1. The number of amides is 2. The van der Waals surface area contributed by atoms with E-state index in [0.717, 1.165) is 22.0 Å². The minimum atomic E-state index is -0.675. The van der Waals surface area contributed by atoms with E-state index < -0.39 is 11.7 Å². The van der Waals surface area contributed by atoms with Crippen LogP contribution in [-0.4, -0.2) is 52.6 Å². The van der Waals surface area contributed by atoms with Gasteiger partial charge in [0.25, 0.3) is 11.8 Å². The summed E-state index contributed by atoms with van der Waals surface area (Å²) >= 11 is 1.45. The smallest absolute Gasteiger partial charge is 0.263 e. The van der Waals surface area contributed by atoms with Crippen LogP contribution in [0.4, 0.5) is 0 Å². The first kappa shape index (κ1) is 21.7. The SMILES string of the molecule is COc1cccc(CNC(=O)[C@@H]2Cn3ccnc3C3(CCN(C(=O)c4cccs4)CC3)O2)c1. The second kappa shape index (κ2) is 8.99. The van der Waals surface area contributed by atoms with Gasteiger partial charge in [0, 0.05) is 44.9 Å². The molecule has 2 aromatic heterocycles. The molecule has 0 aliphatic carbocycles.